The number of likely N-dealkylation sites (N-methyl/N-ethyl adjacent to an activating group) is 1. The normalized spacial score (nSPS) is 16.0. The topological polar surface area (TPSA) is 112 Å². The van der Waals surface area contributed by atoms with Gasteiger partial charge in [-0.05, 0) is 42.8 Å². The smallest absolute Gasteiger partial charge is 0.335 e. The molecule has 1 aliphatic heterocycles. The molecule has 0 bridgehead atoms. The molecule has 1 N–H and O–H groups in total. The Bertz CT molecular complexity index is 1060. The average molecular weight is 362 g/mol. The molecule has 0 spiro atoms. The van der Waals surface area contributed by atoms with Gasteiger partial charge >= 0.3 is 5.97 Å². The van der Waals surface area contributed by atoms with Crippen LogP contribution in [0.25, 0.3) is 17.4 Å². The third kappa shape index (κ3) is 3.16. The van der Waals surface area contributed by atoms with Gasteiger partial charge in [-0.15, -0.1) is 0 Å². The number of carbonyl (C=O) groups excluding carboxylic acids is 2. The van der Waals surface area contributed by atoms with Crippen LogP contribution in [0.4, 0.5) is 0 Å². The van der Waals surface area contributed by atoms with E-state index in [9.17, 15) is 19.6 Å². The SMILES string of the molecule is CC1=C(C#N)C(=O)N(C)C(=O)C1=Cc1ccc(-c2ccc(C(=O)O)cc2)o1. The van der Waals surface area contributed by atoms with Gasteiger partial charge in [-0.3, -0.25) is 14.5 Å². The van der Waals surface area contributed by atoms with Gasteiger partial charge in [0.05, 0.1) is 5.56 Å². The maximum Gasteiger partial charge on any atom is 0.335 e. The quantitative estimate of drug-likeness (QED) is 0.664. The fraction of sp³-hybridized carbons (Fsp3) is 0.100. The maximum atomic E-state index is 12.4. The van der Waals surface area contributed by atoms with Crippen LogP contribution in [0, 0.1) is 11.3 Å². The molecule has 0 unspecified atom stereocenters. The molecule has 0 fully saturated rings. The molecule has 1 aromatic heterocycles. The zero-order valence-corrected chi connectivity index (χ0v) is 14.5. The lowest BCUT2D eigenvalue weighted by Crippen LogP contribution is -2.39. The van der Waals surface area contributed by atoms with Gasteiger partial charge in [0, 0.05) is 18.2 Å². The van der Waals surface area contributed by atoms with Gasteiger partial charge in [0.2, 0.25) is 0 Å². The highest BCUT2D eigenvalue weighted by atomic mass is 16.4. The van der Waals surface area contributed by atoms with E-state index in [4.69, 9.17) is 9.52 Å². The number of amides is 2. The summed E-state index contributed by atoms with van der Waals surface area (Å²) in [6, 6.07) is 11.3. The molecule has 0 saturated carbocycles. The van der Waals surface area contributed by atoms with Crippen molar-refractivity contribution in [2.45, 2.75) is 6.92 Å². The number of carbonyl (C=O) groups is 3. The lowest BCUT2D eigenvalue weighted by atomic mass is 9.95. The van der Waals surface area contributed by atoms with E-state index in [1.807, 2.05) is 6.07 Å². The number of hydrogen-bond acceptors (Lipinski definition) is 5. The van der Waals surface area contributed by atoms with Crippen LogP contribution in [0.1, 0.15) is 23.0 Å². The summed E-state index contributed by atoms with van der Waals surface area (Å²) in [5.41, 5.74) is 1.26. The van der Waals surface area contributed by atoms with Crippen LogP contribution in [0.5, 0.6) is 0 Å². The van der Waals surface area contributed by atoms with Crippen molar-refractivity contribution in [2.24, 2.45) is 0 Å². The molecule has 3 rings (SSSR count). The van der Waals surface area contributed by atoms with Gasteiger partial charge in [-0.25, -0.2) is 4.79 Å². The van der Waals surface area contributed by atoms with Crippen LogP contribution in [0.15, 0.2) is 57.5 Å². The summed E-state index contributed by atoms with van der Waals surface area (Å²) < 4.78 is 5.72. The third-order valence-electron chi connectivity index (χ3n) is 4.27. The summed E-state index contributed by atoms with van der Waals surface area (Å²) in [5.74, 6) is -1.30. The summed E-state index contributed by atoms with van der Waals surface area (Å²) in [7, 11) is 1.32. The van der Waals surface area contributed by atoms with E-state index in [2.05, 4.69) is 0 Å². The number of aromatic carboxylic acids is 1. The fourth-order valence-electron chi connectivity index (χ4n) is 2.70. The Morgan fingerprint density at radius 2 is 1.81 bits per heavy atom. The number of rotatable bonds is 3. The Labute approximate surface area is 154 Å². The number of imide groups is 1. The average Bonchev–Trinajstić information content (AvgIpc) is 3.13. The molecule has 0 radical (unpaired) electrons. The van der Waals surface area contributed by atoms with Crippen LogP contribution in [0.2, 0.25) is 0 Å². The van der Waals surface area contributed by atoms with Gasteiger partial charge in [-0.2, -0.15) is 5.26 Å². The minimum atomic E-state index is -1.02. The Balaban J connectivity index is 1.98. The Hall–Kier alpha value is -3.92. The van der Waals surface area contributed by atoms with E-state index in [1.165, 1.54) is 25.3 Å². The fourth-order valence-corrected chi connectivity index (χ4v) is 2.70. The predicted octanol–water partition coefficient (Wildman–Crippen LogP) is 2.87. The summed E-state index contributed by atoms with van der Waals surface area (Å²) >= 11 is 0. The summed E-state index contributed by atoms with van der Waals surface area (Å²) in [4.78, 5) is 36.2. The maximum absolute atomic E-state index is 12.4. The summed E-state index contributed by atoms with van der Waals surface area (Å²) in [5, 5.41) is 18.1. The van der Waals surface area contributed by atoms with E-state index >= 15 is 0 Å². The molecule has 2 heterocycles. The molecule has 7 nitrogen and oxygen atoms in total. The van der Waals surface area contributed by atoms with Crippen LogP contribution >= 0.6 is 0 Å². The van der Waals surface area contributed by atoms with Gasteiger partial charge in [-0.1, -0.05) is 12.1 Å². The first-order valence-corrected chi connectivity index (χ1v) is 7.92. The molecule has 0 atom stereocenters. The van der Waals surface area contributed by atoms with Crippen LogP contribution in [-0.2, 0) is 9.59 Å². The Morgan fingerprint density at radius 1 is 1.15 bits per heavy atom. The van der Waals surface area contributed by atoms with E-state index < -0.39 is 17.8 Å². The van der Waals surface area contributed by atoms with Crippen molar-refractivity contribution in [3.8, 4) is 17.4 Å². The first kappa shape index (κ1) is 17.9. The van der Waals surface area contributed by atoms with Crippen molar-refractivity contribution >= 4 is 23.9 Å². The first-order chi connectivity index (χ1) is 12.8. The zero-order valence-electron chi connectivity index (χ0n) is 14.5. The van der Waals surface area contributed by atoms with Crippen molar-refractivity contribution in [1.82, 2.24) is 4.90 Å². The van der Waals surface area contributed by atoms with Crippen LogP contribution in [-0.4, -0.2) is 34.8 Å². The van der Waals surface area contributed by atoms with Crippen LogP contribution in [0.3, 0.4) is 0 Å². The van der Waals surface area contributed by atoms with Gasteiger partial charge in [0.25, 0.3) is 11.8 Å². The lowest BCUT2D eigenvalue weighted by Gasteiger charge is -2.23. The van der Waals surface area contributed by atoms with E-state index in [0.717, 1.165) is 4.90 Å². The highest BCUT2D eigenvalue weighted by Gasteiger charge is 2.33. The minimum absolute atomic E-state index is 0.0839. The van der Waals surface area contributed by atoms with Crippen molar-refractivity contribution in [3.63, 3.8) is 0 Å². The molecule has 1 aromatic carbocycles. The number of nitrogens with zero attached hydrogens (tertiary/aromatic N) is 2. The monoisotopic (exact) mass is 362 g/mol. The minimum Gasteiger partial charge on any atom is -0.478 e. The molecule has 27 heavy (non-hydrogen) atoms. The number of hydrogen-bond donors (Lipinski definition) is 1. The molecule has 0 saturated heterocycles. The standard InChI is InChI=1S/C20H14N2O5/c1-11-15(18(23)22(2)19(24)16(11)10-21)9-14-7-8-17(27-14)12-3-5-13(6-4-12)20(25)26/h3-9H,1-2H3,(H,25,26). The Kier molecular flexibility index (Phi) is 4.48. The number of nitriles is 1. The van der Waals surface area contributed by atoms with Gasteiger partial charge in [0.1, 0.15) is 23.2 Å². The number of furan rings is 1. The second-order valence-electron chi connectivity index (χ2n) is 5.92. The highest BCUT2D eigenvalue weighted by molar-refractivity contribution is 6.19. The molecule has 2 amide bonds. The highest BCUT2D eigenvalue weighted by Crippen LogP contribution is 2.28. The second kappa shape index (κ2) is 6.77. The van der Waals surface area contributed by atoms with E-state index in [-0.39, 0.29) is 16.7 Å². The first-order valence-electron chi connectivity index (χ1n) is 7.92. The van der Waals surface area contributed by atoms with Crippen LogP contribution < -0.4 is 0 Å². The Morgan fingerprint density at radius 3 is 2.41 bits per heavy atom. The summed E-state index contributed by atoms with van der Waals surface area (Å²) in [6.07, 6.45) is 1.48. The van der Waals surface area contributed by atoms with Crippen molar-refractivity contribution < 1.29 is 23.9 Å². The predicted molar refractivity (Wildman–Crippen MR) is 95.2 cm³/mol. The summed E-state index contributed by atoms with van der Waals surface area (Å²) in [6.45, 7) is 1.54. The van der Waals surface area contributed by atoms with E-state index in [1.54, 1.807) is 31.2 Å². The zero-order chi connectivity index (χ0) is 19.7. The van der Waals surface area contributed by atoms with Crippen molar-refractivity contribution in [3.05, 3.63) is 64.4 Å². The molecular weight excluding hydrogens is 348 g/mol. The molecule has 0 aliphatic carbocycles. The number of carboxylic acids is 1. The lowest BCUT2D eigenvalue weighted by molar-refractivity contribution is -0.138. The molecule has 1 aliphatic rings. The third-order valence-corrected chi connectivity index (χ3v) is 4.27. The molecule has 134 valence electrons. The van der Waals surface area contributed by atoms with Gasteiger partial charge < -0.3 is 9.52 Å². The molecule has 2 aromatic rings. The number of benzene rings is 1. The second-order valence-corrected chi connectivity index (χ2v) is 5.92. The molecule has 7 heteroatoms. The van der Waals surface area contributed by atoms with E-state index in [0.29, 0.717) is 22.7 Å². The van der Waals surface area contributed by atoms with Crippen molar-refractivity contribution in [2.75, 3.05) is 7.05 Å². The van der Waals surface area contributed by atoms with Crippen molar-refractivity contribution in [1.29, 1.82) is 5.26 Å². The molecular formula is C20H14N2O5. The largest absolute Gasteiger partial charge is 0.478 e. The van der Waals surface area contributed by atoms with Gasteiger partial charge in [0.15, 0.2) is 0 Å². The number of carboxylic acid groups (broad SMARTS) is 1.